The quantitative estimate of drug-likeness (QED) is 0.897. The summed E-state index contributed by atoms with van der Waals surface area (Å²) in [5.41, 5.74) is 0.125. The molecule has 1 fully saturated rings. The molecule has 0 aromatic carbocycles. The number of nitrogens with zero attached hydrogens (tertiary/aromatic N) is 4. The van der Waals surface area contributed by atoms with Gasteiger partial charge in [-0.1, -0.05) is 6.92 Å². The van der Waals surface area contributed by atoms with Crippen LogP contribution in [0.4, 0.5) is 19.0 Å². The van der Waals surface area contributed by atoms with Crippen LogP contribution in [0, 0.1) is 5.92 Å². The van der Waals surface area contributed by atoms with E-state index in [1.807, 2.05) is 0 Å². The summed E-state index contributed by atoms with van der Waals surface area (Å²) in [7, 11) is -3.11. The summed E-state index contributed by atoms with van der Waals surface area (Å²) in [6, 6.07) is -0.343. The number of anilines is 1. The first-order chi connectivity index (χ1) is 10.6. The van der Waals surface area contributed by atoms with Gasteiger partial charge in [0, 0.05) is 12.2 Å². The van der Waals surface area contributed by atoms with Crippen LogP contribution in [0.5, 0.6) is 0 Å². The fraction of sp³-hybridized carbons (Fsp3) is 0.583. The Labute approximate surface area is 129 Å². The summed E-state index contributed by atoms with van der Waals surface area (Å²) in [5, 5.41) is 7.10. The lowest BCUT2D eigenvalue weighted by Gasteiger charge is -2.16. The van der Waals surface area contributed by atoms with Gasteiger partial charge in [-0.2, -0.15) is 18.3 Å². The molecule has 0 spiro atoms. The van der Waals surface area contributed by atoms with E-state index in [2.05, 4.69) is 20.4 Å². The first kappa shape index (κ1) is 16.0. The van der Waals surface area contributed by atoms with Crippen molar-refractivity contribution in [2.45, 2.75) is 25.7 Å². The Hall–Kier alpha value is -1.91. The third-order valence-corrected chi connectivity index (χ3v) is 5.57. The van der Waals surface area contributed by atoms with E-state index in [1.165, 1.54) is 12.5 Å². The van der Waals surface area contributed by atoms with E-state index in [4.69, 9.17) is 0 Å². The van der Waals surface area contributed by atoms with Gasteiger partial charge >= 0.3 is 6.18 Å². The molecular formula is C12H14F3N5O2S. The molecule has 2 aromatic rings. The van der Waals surface area contributed by atoms with Crippen LogP contribution in [0.3, 0.4) is 0 Å². The van der Waals surface area contributed by atoms with Crippen LogP contribution in [0.1, 0.15) is 6.92 Å². The molecule has 7 nitrogen and oxygen atoms in total. The second kappa shape index (κ2) is 5.32. The van der Waals surface area contributed by atoms with E-state index in [0.29, 0.717) is 5.39 Å². The fourth-order valence-corrected chi connectivity index (χ4v) is 4.77. The number of alkyl halides is 3. The summed E-state index contributed by atoms with van der Waals surface area (Å²) in [6.45, 7) is 0.574. The molecule has 0 unspecified atom stereocenters. The summed E-state index contributed by atoms with van der Waals surface area (Å²) < 4.78 is 61.4. The minimum Gasteiger partial charge on any atom is -0.365 e. The molecule has 0 saturated carbocycles. The summed E-state index contributed by atoms with van der Waals surface area (Å²) in [5.74, 6) is 0.218. The van der Waals surface area contributed by atoms with Crippen molar-refractivity contribution < 1.29 is 21.6 Å². The van der Waals surface area contributed by atoms with Crippen LogP contribution in [0.25, 0.3) is 11.0 Å². The predicted molar refractivity (Wildman–Crippen MR) is 76.6 cm³/mol. The standard InChI is InChI=1S/C12H14F3N5O2S/c1-7-3-23(21,22)4-9(7)18-10-8-2-20(5-12(13,14)15)19-11(8)17-6-16-10/h2,6-7,9H,3-5H2,1H3,(H,16,17,18,19)/t7-,9+/m1/s1. The Balaban J connectivity index is 1.89. The number of halogens is 3. The van der Waals surface area contributed by atoms with E-state index < -0.39 is 22.6 Å². The van der Waals surface area contributed by atoms with Crippen molar-refractivity contribution in [3.63, 3.8) is 0 Å². The first-order valence-electron chi connectivity index (χ1n) is 6.85. The third-order valence-electron chi connectivity index (χ3n) is 3.66. The van der Waals surface area contributed by atoms with E-state index in [9.17, 15) is 21.6 Å². The molecule has 0 aliphatic carbocycles. The molecule has 0 bridgehead atoms. The molecule has 2 atom stereocenters. The van der Waals surface area contributed by atoms with Crippen molar-refractivity contribution in [3.8, 4) is 0 Å². The Morgan fingerprint density at radius 3 is 2.70 bits per heavy atom. The maximum Gasteiger partial charge on any atom is 0.408 e. The molecule has 11 heteroatoms. The molecule has 2 aromatic heterocycles. The summed E-state index contributed by atoms with van der Waals surface area (Å²) in [6.07, 6.45) is -2.00. The van der Waals surface area contributed by atoms with Crippen molar-refractivity contribution >= 4 is 26.7 Å². The van der Waals surface area contributed by atoms with E-state index >= 15 is 0 Å². The lowest BCUT2D eigenvalue weighted by Crippen LogP contribution is -2.26. The van der Waals surface area contributed by atoms with Crippen molar-refractivity contribution in [1.82, 2.24) is 19.7 Å². The molecule has 3 rings (SSSR count). The number of rotatable bonds is 3. The van der Waals surface area contributed by atoms with Gasteiger partial charge in [0.05, 0.1) is 16.9 Å². The van der Waals surface area contributed by atoms with Gasteiger partial charge in [0.15, 0.2) is 15.5 Å². The largest absolute Gasteiger partial charge is 0.408 e. The topological polar surface area (TPSA) is 89.8 Å². The minimum absolute atomic E-state index is 0.0314. The molecule has 0 radical (unpaired) electrons. The van der Waals surface area contributed by atoms with Gasteiger partial charge in [0.25, 0.3) is 0 Å². The van der Waals surface area contributed by atoms with E-state index in [-0.39, 0.29) is 34.9 Å². The van der Waals surface area contributed by atoms with Crippen LogP contribution in [0.15, 0.2) is 12.5 Å². The van der Waals surface area contributed by atoms with E-state index in [1.54, 1.807) is 6.92 Å². The highest BCUT2D eigenvalue weighted by atomic mass is 32.2. The summed E-state index contributed by atoms with van der Waals surface area (Å²) >= 11 is 0. The van der Waals surface area contributed by atoms with Gasteiger partial charge in [-0.3, -0.25) is 4.68 Å². The van der Waals surface area contributed by atoms with Crippen molar-refractivity contribution in [1.29, 1.82) is 0 Å². The number of hydrogen-bond acceptors (Lipinski definition) is 6. The van der Waals surface area contributed by atoms with Crippen LogP contribution >= 0.6 is 0 Å². The molecular weight excluding hydrogens is 335 g/mol. The zero-order chi connectivity index (χ0) is 16.8. The van der Waals surface area contributed by atoms with Gasteiger partial charge in [-0.05, 0) is 5.92 Å². The average Bonchev–Trinajstić information content (AvgIpc) is 2.88. The lowest BCUT2D eigenvalue weighted by molar-refractivity contribution is -0.142. The Morgan fingerprint density at radius 2 is 2.09 bits per heavy atom. The smallest absolute Gasteiger partial charge is 0.365 e. The van der Waals surface area contributed by atoms with Gasteiger partial charge in [0.2, 0.25) is 0 Å². The molecule has 126 valence electrons. The maximum absolute atomic E-state index is 12.5. The van der Waals surface area contributed by atoms with Crippen molar-refractivity contribution in [3.05, 3.63) is 12.5 Å². The van der Waals surface area contributed by atoms with Gasteiger partial charge < -0.3 is 5.32 Å². The Bertz CT molecular complexity index is 833. The molecule has 1 aliphatic heterocycles. The highest BCUT2D eigenvalue weighted by Crippen LogP contribution is 2.26. The molecule has 3 heterocycles. The SMILES string of the molecule is C[C@@H]1CS(=O)(=O)C[C@@H]1Nc1ncnc2nn(CC(F)(F)F)cc12. The van der Waals surface area contributed by atoms with Crippen LogP contribution in [-0.2, 0) is 16.4 Å². The number of sulfone groups is 1. The highest BCUT2D eigenvalue weighted by Gasteiger charge is 2.35. The predicted octanol–water partition coefficient (Wildman–Crippen LogP) is 1.23. The first-order valence-corrected chi connectivity index (χ1v) is 8.67. The second-order valence-electron chi connectivity index (χ2n) is 5.71. The molecule has 23 heavy (non-hydrogen) atoms. The number of hydrogen-bond donors (Lipinski definition) is 1. The number of aromatic nitrogens is 4. The Kier molecular flexibility index (Phi) is 3.69. The Morgan fingerprint density at radius 1 is 1.35 bits per heavy atom. The van der Waals surface area contributed by atoms with Crippen LogP contribution in [-0.4, -0.2) is 51.9 Å². The van der Waals surface area contributed by atoms with Crippen LogP contribution in [0.2, 0.25) is 0 Å². The fourth-order valence-electron chi connectivity index (χ4n) is 2.65. The molecule has 0 amide bonds. The van der Waals surface area contributed by atoms with Gasteiger partial charge in [0.1, 0.15) is 18.7 Å². The normalized spacial score (nSPS) is 24.2. The van der Waals surface area contributed by atoms with Gasteiger partial charge in [-0.25, -0.2) is 18.4 Å². The highest BCUT2D eigenvalue weighted by molar-refractivity contribution is 7.91. The number of nitrogens with one attached hydrogen (secondary N) is 1. The minimum atomic E-state index is -4.39. The summed E-state index contributed by atoms with van der Waals surface area (Å²) in [4.78, 5) is 7.86. The average molecular weight is 349 g/mol. The lowest BCUT2D eigenvalue weighted by atomic mass is 10.1. The van der Waals surface area contributed by atoms with Crippen molar-refractivity contribution in [2.24, 2.45) is 5.92 Å². The molecule has 1 aliphatic rings. The van der Waals surface area contributed by atoms with Crippen LogP contribution < -0.4 is 5.32 Å². The van der Waals surface area contributed by atoms with Gasteiger partial charge in [-0.15, -0.1) is 0 Å². The second-order valence-corrected chi connectivity index (χ2v) is 7.86. The molecule has 1 saturated heterocycles. The number of fused-ring (bicyclic) bond motifs is 1. The third kappa shape index (κ3) is 3.54. The monoisotopic (exact) mass is 349 g/mol. The van der Waals surface area contributed by atoms with E-state index in [0.717, 1.165) is 4.68 Å². The maximum atomic E-state index is 12.5. The zero-order valence-electron chi connectivity index (χ0n) is 12.1. The molecule has 1 N–H and O–H groups in total. The zero-order valence-corrected chi connectivity index (χ0v) is 12.9. The van der Waals surface area contributed by atoms with Crippen molar-refractivity contribution in [2.75, 3.05) is 16.8 Å².